The fourth-order valence-corrected chi connectivity index (χ4v) is 3.84. The van der Waals surface area contributed by atoms with Gasteiger partial charge < -0.3 is 10.1 Å². The third-order valence-corrected chi connectivity index (χ3v) is 5.81. The molecule has 0 aliphatic heterocycles. The van der Waals surface area contributed by atoms with Gasteiger partial charge in [0.05, 0.1) is 16.1 Å². The minimum Gasteiger partial charge on any atom is -0.452 e. The Morgan fingerprint density at radius 1 is 0.909 bits per heavy atom. The minimum absolute atomic E-state index is 0.0629. The number of halogens is 1. The van der Waals surface area contributed by atoms with Crippen molar-refractivity contribution in [2.75, 3.05) is 16.6 Å². The second-order valence-corrected chi connectivity index (χ2v) is 8.55. The predicted molar refractivity (Wildman–Crippen MR) is 119 cm³/mol. The third kappa shape index (κ3) is 6.23. The molecule has 0 heterocycles. The van der Waals surface area contributed by atoms with Gasteiger partial charge in [0.15, 0.2) is 12.4 Å². The largest absolute Gasteiger partial charge is 0.452 e. The Hall–Kier alpha value is -4.05. The van der Waals surface area contributed by atoms with E-state index in [1.807, 2.05) is 0 Å². The van der Waals surface area contributed by atoms with E-state index < -0.39 is 34.3 Å². The fraction of sp³-hybridized carbons (Fsp3) is 0.0870. The molecule has 1 amide bonds. The molecule has 0 aromatic heterocycles. The topological polar surface area (TPSA) is 119 Å². The molecule has 3 aromatic rings. The summed E-state index contributed by atoms with van der Waals surface area (Å²) in [5.74, 6) is -2.25. The smallest absolute Gasteiger partial charge is 0.340 e. The maximum Gasteiger partial charge on any atom is 0.340 e. The average molecular weight is 470 g/mol. The van der Waals surface area contributed by atoms with Crippen LogP contribution >= 0.6 is 0 Å². The monoisotopic (exact) mass is 470 g/mol. The van der Waals surface area contributed by atoms with E-state index in [-0.39, 0.29) is 21.9 Å². The molecule has 3 aromatic carbocycles. The van der Waals surface area contributed by atoms with Crippen molar-refractivity contribution in [3.8, 4) is 0 Å². The summed E-state index contributed by atoms with van der Waals surface area (Å²) >= 11 is 0. The quantitative estimate of drug-likeness (QED) is 0.383. The highest BCUT2D eigenvalue weighted by Gasteiger charge is 2.20. The van der Waals surface area contributed by atoms with E-state index in [1.54, 1.807) is 12.1 Å². The van der Waals surface area contributed by atoms with Gasteiger partial charge in [0.1, 0.15) is 5.82 Å². The number of nitrogens with one attached hydrogen (secondary N) is 2. The van der Waals surface area contributed by atoms with Crippen LogP contribution in [0, 0.1) is 5.82 Å². The van der Waals surface area contributed by atoms with Gasteiger partial charge in [0.25, 0.3) is 15.9 Å². The van der Waals surface area contributed by atoms with Gasteiger partial charge in [0.2, 0.25) is 0 Å². The highest BCUT2D eigenvalue weighted by atomic mass is 32.2. The van der Waals surface area contributed by atoms with E-state index in [4.69, 9.17) is 4.74 Å². The summed E-state index contributed by atoms with van der Waals surface area (Å²) in [5, 5.41) is 2.52. The highest BCUT2D eigenvalue weighted by molar-refractivity contribution is 7.92. The molecule has 0 saturated heterocycles. The lowest BCUT2D eigenvalue weighted by Crippen LogP contribution is -2.22. The van der Waals surface area contributed by atoms with E-state index in [1.165, 1.54) is 43.3 Å². The van der Waals surface area contributed by atoms with Crippen LogP contribution in [0.5, 0.6) is 0 Å². The Kier molecular flexibility index (Phi) is 7.19. The number of carbonyl (C=O) groups is 3. The first kappa shape index (κ1) is 23.6. The molecule has 0 unspecified atom stereocenters. The van der Waals surface area contributed by atoms with Gasteiger partial charge in [-0.25, -0.2) is 17.6 Å². The second kappa shape index (κ2) is 10.0. The molecule has 170 valence electrons. The number of benzene rings is 3. The van der Waals surface area contributed by atoms with Gasteiger partial charge in [-0.3, -0.25) is 14.3 Å². The lowest BCUT2D eigenvalue weighted by molar-refractivity contribution is -0.119. The lowest BCUT2D eigenvalue weighted by atomic mass is 10.1. The van der Waals surface area contributed by atoms with Crippen molar-refractivity contribution in [3.05, 3.63) is 89.7 Å². The van der Waals surface area contributed by atoms with Crippen molar-refractivity contribution in [2.45, 2.75) is 11.8 Å². The number of Topliss-reactive ketones (excluding diaryl/α,β-unsaturated/α-hetero) is 1. The van der Waals surface area contributed by atoms with Crippen molar-refractivity contribution in [1.29, 1.82) is 0 Å². The molecular formula is C23H19FN2O6S. The van der Waals surface area contributed by atoms with Crippen molar-refractivity contribution < 1.29 is 31.9 Å². The first-order chi connectivity index (χ1) is 15.7. The fourth-order valence-electron chi connectivity index (χ4n) is 2.76. The number of hydrogen-bond acceptors (Lipinski definition) is 6. The second-order valence-electron chi connectivity index (χ2n) is 6.86. The van der Waals surface area contributed by atoms with Gasteiger partial charge in [0, 0.05) is 11.3 Å². The number of rotatable bonds is 8. The molecule has 0 aliphatic rings. The van der Waals surface area contributed by atoms with Crippen LogP contribution in [-0.4, -0.2) is 32.7 Å². The first-order valence-corrected chi connectivity index (χ1v) is 11.1. The zero-order valence-electron chi connectivity index (χ0n) is 17.4. The van der Waals surface area contributed by atoms with Crippen molar-refractivity contribution >= 4 is 39.1 Å². The van der Waals surface area contributed by atoms with Gasteiger partial charge in [-0.05, 0) is 67.6 Å². The Bertz CT molecular complexity index is 1290. The van der Waals surface area contributed by atoms with Gasteiger partial charge in [-0.2, -0.15) is 0 Å². The molecule has 0 fully saturated rings. The van der Waals surface area contributed by atoms with Crippen LogP contribution < -0.4 is 10.0 Å². The zero-order valence-corrected chi connectivity index (χ0v) is 18.2. The Labute approximate surface area is 189 Å². The summed E-state index contributed by atoms with van der Waals surface area (Å²) in [6.07, 6.45) is 0. The van der Waals surface area contributed by atoms with Crippen LogP contribution in [0.15, 0.2) is 77.7 Å². The number of ketones is 1. The number of esters is 1. The number of sulfonamides is 1. The van der Waals surface area contributed by atoms with E-state index in [0.717, 1.165) is 24.3 Å². The lowest BCUT2D eigenvalue weighted by Gasteiger charge is -2.12. The molecule has 3 rings (SSSR count). The molecule has 0 aliphatic carbocycles. The van der Waals surface area contributed by atoms with Crippen LogP contribution in [0.25, 0.3) is 0 Å². The summed E-state index contributed by atoms with van der Waals surface area (Å²) in [6.45, 7) is 0.803. The van der Waals surface area contributed by atoms with Crippen LogP contribution in [0.3, 0.4) is 0 Å². The van der Waals surface area contributed by atoms with Crippen molar-refractivity contribution in [1.82, 2.24) is 0 Å². The number of para-hydroxylation sites is 1. The Morgan fingerprint density at radius 3 is 2.18 bits per heavy atom. The van der Waals surface area contributed by atoms with Crippen LogP contribution in [0.2, 0.25) is 0 Å². The summed E-state index contributed by atoms with van der Waals surface area (Å²) in [7, 11) is -4.10. The predicted octanol–water partition coefficient (Wildman–Crippen LogP) is 3.62. The normalized spacial score (nSPS) is 10.8. The highest BCUT2D eigenvalue weighted by Crippen LogP contribution is 2.21. The zero-order chi connectivity index (χ0) is 24.0. The molecule has 0 atom stereocenters. The Morgan fingerprint density at radius 2 is 1.55 bits per heavy atom. The maximum absolute atomic E-state index is 13.1. The molecule has 0 radical (unpaired) electrons. The standard InChI is InChI=1S/C23H19FN2O6S/c1-15(27)16-6-10-18(11-7-16)25-22(28)14-32-23(29)20-4-2-3-5-21(20)26-33(30,31)19-12-8-17(24)9-13-19/h2-13,26H,14H2,1H3,(H,25,28). The van der Waals surface area contributed by atoms with Crippen LogP contribution in [0.4, 0.5) is 15.8 Å². The number of carbonyl (C=O) groups excluding carboxylic acids is 3. The van der Waals surface area contributed by atoms with E-state index in [9.17, 15) is 27.2 Å². The molecule has 8 nitrogen and oxygen atoms in total. The molecular weight excluding hydrogens is 451 g/mol. The maximum atomic E-state index is 13.1. The Balaban J connectivity index is 1.65. The average Bonchev–Trinajstić information content (AvgIpc) is 2.78. The van der Waals surface area contributed by atoms with Crippen LogP contribution in [-0.2, 0) is 19.6 Å². The van der Waals surface area contributed by atoms with Gasteiger partial charge in [-0.15, -0.1) is 0 Å². The molecule has 2 N–H and O–H groups in total. The summed E-state index contributed by atoms with van der Waals surface area (Å²) < 4.78 is 45.5. The SMILES string of the molecule is CC(=O)c1ccc(NC(=O)COC(=O)c2ccccc2NS(=O)(=O)c2ccc(F)cc2)cc1. The van der Waals surface area contributed by atoms with E-state index in [2.05, 4.69) is 10.0 Å². The summed E-state index contributed by atoms with van der Waals surface area (Å²) in [5.41, 5.74) is 0.724. The molecule has 0 spiro atoms. The van der Waals surface area contributed by atoms with E-state index in [0.29, 0.717) is 11.3 Å². The number of hydrogen-bond donors (Lipinski definition) is 2. The molecule has 0 saturated carbocycles. The van der Waals surface area contributed by atoms with Crippen LogP contribution in [0.1, 0.15) is 27.6 Å². The van der Waals surface area contributed by atoms with Crippen molar-refractivity contribution in [2.24, 2.45) is 0 Å². The molecule has 33 heavy (non-hydrogen) atoms. The summed E-state index contributed by atoms with van der Waals surface area (Å²) in [6, 6.07) is 16.1. The number of amides is 1. The minimum atomic E-state index is -4.10. The van der Waals surface area contributed by atoms with Gasteiger partial charge >= 0.3 is 5.97 Å². The van der Waals surface area contributed by atoms with Crippen molar-refractivity contribution in [3.63, 3.8) is 0 Å². The number of ether oxygens (including phenoxy) is 1. The van der Waals surface area contributed by atoms with E-state index >= 15 is 0 Å². The third-order valence-electron chi connectivity index (χ3n) is 4.42. The molecule has 0 bridgehead atoms. The van der Waals surface area contributed by atoms with Gasteiger partial charge in [-0.1, -0.05) is 12.1 Å². The summed E-state index contributed by atoms with van der Waals surface area (Å²) in [4.78, 5) is 35.7. The number of anilines is 2. The molecule has 10 heteroatoms. The first-order valence-electron chi connectivity index (χ1n) is 9.61.